The van der Waals surface area contributed by atoms with Crippen LogP contribution in [-0.4, -0.2) is 0 Å². The Hall–Kier alpha value is -0.990. The maximum atomic E-state index is 12.8. The molecule has 16 heavy (non-hydrogen) atoms. The monoisotopic (exact) mass is 230 g/mol. The van der Waals surface area contributed by atoms with Crippen molar-refractivity contribution in [3.05, 3.63) is 34.4 Å². The minimum atomic E-state index is -4.27. The third-order valence-corrected chi connectivity index (χ3v) is 2.84. The van der Waals surface area contributed by atoms with E-state index in [4.69, 9.17) is 0 Å². The third-order valence-electron chi connectivity index (χ3n) is 2.84. The second-order valence-corrected chi connectivity index (χ2v) is 5.21. The minimum absolute atomic E-state index is 0.265. The Kier molecular flexibility index (Phi) is 3.10. The standard InChI is InChI=1S/C13H17F3/c1-8-6-10(12(3,4)5)7-11(9(8)2)13(14,15)16/h6-7H,1-5H3. The molecule has 0 unspecified atom stereocenters. The molecule has 3 heteroatoms. The fourth-order valence-corrected chi connectivity index (χ4v) is 1.59. The first-order valence-corrected chi connectivity index (χ1v) is 5.22. The average Bonchev–Trinajstić information content (AvgIpc) is 2.05. The second kappa shape index (κ2) is 3.79. The van der Waals surface area contributed by atoms with Gasteiger partial charge in [-0.05, 0) is 42.0 Å². The highest BCUT2D eigenvalue weighted by Crippen LogP contribution is 2.36. The Bertz CT molecular complexity index is 395. The number of rotatable bonds is 0. The number of hydrogen-bond donors (Lipinski definition) is 0. The van der Waals surface area contributed by atoms with E-state index in [9.17, 15) is 13.2 Å². The van der Waals surface area contributed by atoms with Gasteiger partial charge in [0.2, 0.25) is 0 Å². The Labute approximate surface area is 94.5 Å². The summed E-state index contributed by atoms with van der Waals surface area (Å²) in [5, 5.41) is 0. The molecule has 0 fully saturated rings. The van der Waals surface area contributed by atoms with Crippen molar-refractivity contribution in [3.63, 3.8) is 0 Å². The van der Waals surface area contributed by atoms with Crippen molar-refractivity contribution in [1.29, 1.82) is 0 Å². The molecule has 90 valence electrons. The minimum Gasteiger partial charge on any atom is -0.166 e. The maximum absolute atomic E-state index is 12.8. The van der Waals surface area contributed by atoms with Crippen molar-refractivity contribution < 1.29 is 13.2 Å². The van der Waals surface area contributed by atoms with Crippen LogP contribution < -0.4 is 0 Å². The maximum Gasteiger partial charge on any atom is 0.416 e. The van der Waals surface area contributed by atoms with E-state index >= 15 is 0 Å². The summed E-state index contributed by atoms with van der Waals surface area (Å²) in [5.41, 5.74) is 0.957. The summed E-state index contributed by atoms with van der Waals surface area (Å²) >= 11 is 0. The van der Waals surface area contributed by atoms with E-state index < -0.39 is 11.7 Å². The normalized spacial score (nSPS) is 13.0. The van der Waals surface area contributed by atoms with Crippen LogP contribution in [0, 0.1) is 13.8 Å². The zero-order valence-corrected chi connectivity index (χ0v) is 10.3. The van der Waals surface area contributed by atoms with Gasteiger partial charge in [-0.3, -0.25) is 0 Å². The van der Waals surface area contributed by atoms with Gasteiger partial charge in [-0.15, -0.1) is 0 Å². The van der Waals surface area contributed by atoms with Gasteiger partial charge >= 0.3 is 6.18 Å². The predicted octanol–water partition coefficient (Wildman–Crippen LogP) is 4.62. The molecule has 0 aromatic heterocycles. The van der Waals surface area contributed by atoms with Gasteiger partial charge in [0.1, 0.15) is 0 Å². The van der Waals surface area contributed by atoms with E-state index in [0.717, 1.165) is 5.56 Å². The highest BCUT2D eigenvalue weighted by atomic mass is 19.4. The van der Waals surface area contributed by atoms with E-state index in [-0.39, 0.29) is 5.41 Å². The first-order valence-electron chi connectivity index (χ1n) is 5.22. The molecule has 0 atom stereocenters. The topological polar surface area (TPSA) is 0 Å². The summed E-state index contributed by atoms with van der Waals surface area (Å²) in [6, 6.07) is 3.10. The fourth-order valence-electron chi connectivity index (χ4n) is 1.59. The predicted molar refractivity (Wildman–Crippen MR) is 59.6 cm³/mol. The van der Waals surface area contributed by atoms with Gasteiger partial charge in [0.25, 0.3) is 0 Å². The largest absolute Gasteiger partial charge is 0.416 e. The summed E-state index contributed by atoms with van der Waals surface area (Å²) in [4.78, 5) is 0. The van der Waals surface area contributed by atoms with Crippen molar-refractivity contribution in [1.82, 2.24) is 0 Å². The van der Waals surface area contributed by atoms with Gasteiger partial charge in [-0.1, -0.05) is 26.8 Å². The molecular weight excluding hydrogens is 213 g/mol. The lowest BCUT2D eigenvalue weighted by atomic mass is 9.83. The van der Waals surface area contributed by atoms with Crippen LogP contribution >= 0.6 is 0 Å². The Morgan fingerprint density at radius 1 is 0.938 bits per heavy atom. The highest BCUT2D eigenvalue weighted by molar-refractivity contribution is 5.41. The lowest BCUT2D eigenvalue weighted by Crippen LogP contribution is -2.16. The molecule has 0 spiro atoms. The zero-order valence-electron chi connectivity index (χ0n) is 10.3. The quantitative estimate of drug-likeness (QED) is 0.610. The molecule has 0 saturated carbocycles. The SMILES string of the molecule is Cc1cc(C(C)(C)C)cc(C(F)(F)F)c1C. The van der Waals surface area contributed by atoms with Crippen LogP contribution in [0.4, 0.5) is 13.2 Å². The molecule has 0 bridgehead atoms. The molecule has 1 aromatic carbocycles. The van der Waals surface area contributed by atoms with E-state index in [2.05, 4.69) is 0 Å². The molecular formula is C13H17F3. The van der Waals surface area contributed by atoms with Gasteiger partial charge in [0, 0.05) is 0 Å². The van der Waals surface area contributed by atoms with Gasteiger partial charge in [-0.2, -0.15) is 13.2 Å². The van der Waals surface area contributed by atoms with E-state index in [1.807, 2.05) is 26.8 Å². The van der Waals surface area contributed by atoms with E-state index in [0.29, 0.717) is 11.1 Å². The van der Waals surface area contributed by atoms with Gasteiger partial charge < -0.3 is 0 Å². The zero-order chi connectivity index (χ0) is 12.7. The highest BCUT2D eigenvalue weighted by Gasteiger charge is 2.34. The number of alkyl halides is 3. The fraction of sp³-hybridized carbons (Fsp3) is 0.538. The molecule has 0 N–H and O–H groups in total. The van der Waals surface area contributed by atoms with Crippen LogP contribution in [-0.2, 0) is 11.6 Å². The molecule has 0 amide bonds. The number of hydrogen-bond acceptors (Lipinski definition) is 0. The molecule has 0 nitrogen and oxygen atoms in total. The second-order valence-electron chi connectivity index (χ2n) is 5.21. The first-order chi connectivity index (χ1) is 7.03. The van der Waals surface area contributed by atoms with Crippen molar-refractivity contribution in [2.45, 2.75) is 46.2 Å². The smallest absolute Gasteiger partial charge is 0.166 e. The Balaban J connectivity index is 3.46. The van der Waals surface area contributed by atoms with Crippen LogP contribution in [0.3, 0.4) is 0 Å². The van der Waals surface area contributed by atoms with Gasteiger partial charge in [-0.25, -0.2) is 0 Å². The molecule has 1 rings (SSSR count). The number of halogens is 3. The average molecular weight is 230 g/mol. The molecule has 0 aliphatic heterocycles. The summed E-state index contributed by atoms with van der Waals surface area (Å²) in [7, 11) is 0. The van der Waals surface area contributed by atoms with E-state index in [1.165, 1.54) is 13.0 Å². The summed E-state index contributed by atoms with van der Waals surface area (Å²) in [6.45, 7) is 8.98. The number of benzene rings is 1. The Morgan fingerprint density at radius 3 is 1.81 bits per heavy atom. The lowest BCUT2D eigenvalue weighted by Gasteiger charge is -2.23. The molecule has 1 aromatic rings. The number of aryl methyl sites for hydroxylation is 1. The molecule has 0 radical (unpaired) electrons. The van der Waals surface area contributed by atoms with Crippen LogP contribution in [0.1, 0.15) is 43.0 Å². The van der Waals surface area contributed by atoms with E-state index in [1.54, 1.807) is 6.92 Å². The first kappa shape index (κ1) is 13.1. The van der Waals surface area contributed by atoms with Crippen LogP contribution in [0.2, 0.25) is 0 Å². The summed E-state index contributed by atoms with van der Waals surface area (Å²) in [5.74, 6) is 0. The lowest BCUT2D eigenvalue weighted by molar-refractivity contribution is -0.138. The molecule has 0 saturated heterocycles. The van der Waals surface area contributed by atoms with Crippen LogP contribution in [0.15, 0.2) is 12.1 Å². The van der Waals surface area contributed by atoms with Crippen molar-refractivity contribution >= 4 is 0 Å². The van der Waals surface area contributed by atoms with Gasteiger partial charge in [0.05, 0.1) is 5.56 Å². The molecule has 0 aliphatic carbocycles. The summed E-state index contributed by atoms with van der Waals surface area (Å²) in [6.07, 6.45) is -4.27. The van der Waals surface area contributed by atoms with Crippen molar-refractivity contribution in [2.24, 2.45) is 0 Å². The third kappa shape index (κ3) is 2.57. The van der Waals surface area contributed by atoms with Crippen LogP contribution in [0.25, 0.3) is 0 Å². The van der Waals surface area contributed by atoms with Crippen molar-refractivity contribution in [2.75, 3.05) is 0 Å². The molecule has 0 heterocycles. The van der Waals surface area contributed by atoms with Crippen LogP contribution in [0.5, 0.6) is 0 Å². The molecule has 0 aliphatic rings. The van der Waals surface area contributed by atoms with Gasteiger partial charge in [0.15, 0.2) is 0 Å². The Morgan fingerprint density at radius 2 is 1.44 bits per heavy atom. The summed E-state index contributed by atoms with van der Waals surface area (Å²) < 4.78 is 38.4. The van der Waals surface area contributed by atoms with Crippen molar-refractivity contribution in [3.8, 4) is 0 Å².